The van der Waals surface area contributed by atoms with Crippen molar-refractivity contribution in [1.82, 2.24) is 5.32 Å². The maximum atomic E-state index is 12.0. The quantitative estimate of drug-likeness (QED) is 0.654. The van der Waals surface area contributed by atoms with E-state index in [2.05, 4.69) is 5.32 Å². The predicted molar refractivity (Wildman–Crippen MR) is 80.1 cm³/mol. The summed E-state index contributed by atoms with van der Waals surface area (Å²) in [7, 11) is 0. The monoisotopic (exact) mass is 294 g/mol. The van der Waals surface area contributed by atoms with Gasteiger partial charge in [-0.05, 0) is 23.8 Å². The molecular weight excluding hydrogens is 280 g/mol. The van der Waals surface area contributed by atoms with Crippen LogP contribution in [0.5, 0.6) is 0 Å². The van der Waals surface area contributed by atoms with E-state index >= 15 is 0 Å². The third-order valence-corrected chi connectivity index (χ3v) is 2.93. The zero-order valence-electron chi connectivity index (χ0n) is 11.7. The molecule has 22 heavy (non-hydrogen) atoms. The molecule has 5 heteroatoms. The fourth-order valence-corrected chi connectivity index (χ4v) is 1.78. The molecule has 5 nitrogen and oxygen atoms in total. The number of furan rings is 1. The second-order valence-corrected chi connectivity index (χ2v) is 4.51. The van der Waals surface area contributed by atoms with Crippen molar-refractivity contribution < 1.29 is 14.0 Å². The van der Waals surface area contributed by atoms with Gasteiger partial charge in [0, 0.05) is 0 Å². The Bertz CT molecular complexity index is 697. The smallest absolute Gasteiger partial charge is 0.245 e. The zero-order valence-corrected chi connectivity index (χ0v) is 11.7. The second-order valence-electron chi connectivity index (χ2n) is 4.51. The number of ketones is 1. The summed E-state index contributed by atoms with van der Waals surface area (Å²) in [5.41, 5.74) is 0.823. The van der Waals surface area contributed by atoms with Crippen molar-refractivity contribution in [1.29, 1.82) is 5.26 Å². The molecule has 0 bridgehead atoms. The molecule has 2 rings (SSSR count). The molecule has 0 saturated carbocycles. The topological polar surface area (TPSA) is 83.1 Å². The number of benzene rings is 1. The molecule has 1 amide bonds. The number of carbonyl (C=O) groups excluding carboxylic acids is 2. The molecule has 1 aromatic carbocycles. The van der Waals surface area contributed by atoms with Gasteiger partial charge < -0.3 is 9.73 Å². The molecule has 0 aliphatic rings. The fraction of sp³-hybridized carbons (Fsp3) is 0.118. The lowest BCUT2D eigenvalue weighted by Gasteiger charge is -2.06. The summed E-state index contributed by atoms with van der Waals surface area (Å²) < 4.78 is 5.07. The molecule has 110 valence electrons. The molecule has 2 aromatic rings. The van der Waals surface area contributed by atoms with Crippen LogP contribution in [0.15, 0.2) is 59.2 Å². The van der Waals surface area contributed by atoms with Crippen LogP contribution in [0.3, 0.4) is 0 Å². The standard InChI is InChI=1S/C17H14N2O3/c18-11-15(17(21)19-12-14-7-4-10-22-14)16(20)9-8-13-5-2-1-3-6-13/h1-10,15H,12H2,(H,19,21)/b9-8-/t15-/m0/s1. The van der Waals surface area contributed by atoms with E-state index in [0.29, 0.717) is 5.76 Å². The molecule has 1 aromatic heterocycles. The number of nitrogens with one attached hydrogen (secondary N) is 1. The zero-order chi connectivity index (χ0) is 15.8. The van der Waals surface area contributed by atoms with E-state index in [1.54, 1.807) is 24.3 Å². The maximum absolute atomic E-state index is 12.0. The van der Waals surface area contributed by atoms with Crippen molar-refractivity contribution in [2.75, 3.05) is 0 Å². The van der Waals surface area contributed by atoms with E-state index in [1.165, 1.54) is 12.3 Å². The summed E-state index contributed by atoms with van der Waals surface area (Å²) >= 11 is 0. The number of rotatable bonds is 6. The molecule has 0 aliphatic carbocycles. The lowest BCUT2D eigenvalue weighted by atomic mass is 10.0. The first-order valence-electron chi connectivity index (χ1n) is 6.67. The summed E-state index contributed by atoms with van der Waals surface area (Å²) in [4.78, 5) is 23.8. The first-order chi connectivity index (χ1) is 10.7. The third kappa shape index (κ3) is 4.18. The van der Waals surface area contributed by atoms with Gasteiger partial charge in [0.25, 0.3) is 0 Å². The Morgan fingerprint density at radius 1 is 1.23 bits per heavy atom. The third-order valence-electron chi connectivity index (χ3n) is 2.93. The normalized spacial score (nSPS) is 11.8. The summed E-state index contributed by atoms with van der Waals surface area (Å²) in [6.07, 6.45) is 4.30. The van der Waals surface area contributed by atoms with E-state index in [9.17, 15) is 9.59 Å². The van der Waals surface area contributed by atoms with Crippen LogP contribution in [0.25, 0.3) is 6.08 Å². The van der Waals surface area contributed by atoms with Crippen LogP contribution >= 0.6 is 0 Å². The van der Waals surface area contributed by atoms with Crippen molar-refractivity contribution in [2.24, 2.45) is 5.92 Å². The Hall–Kier alpha value is -3.13. The van der Waals surface area contributed by atoms with Crippen LogP contribution in [-0.2, 0) is 16.1 Å². The van der Waals surface area contributed by atoms with Crippen LogP contribution in [0.2, 0.25) is 0 Å². The molecule has 0 radical (unpaired) electrons. The van der Waals surface area contributed by atoms with Gasteiger partial charge in [-0.3, -0.25) is 9.59 Å². The number of hydrogen-bond acceptors (Lipinski definition) is 4. The number of amides is 1. The van der Waals surface area contributed by atoms with Gasteiger partial charge >= 0.3 is 0 Å². The van der Waals surface area contributed by atoms with Gasteiger partial charge in [0.05, 0.1) is 18.9 Å². The van der Waals surface area contributed by atoms with Crippen LogP contribution in [0.1, 0.15) is 11.3 Å². The molecule has 1 heterocycles. The van der Waals surface area contributed by atoms with Gasteiger partial charge in [0.1, 0.15) is 5.76 Å². The highest BCUT2D eigenvalue weighted by Crippen LogP contribution is 2.06. The van der Waals surface area contributed by atoms with E-state index in [0.717, 1.165) is 5.56 Å². The van der Waals surface area contributed by atoms with E-state index < -0.39 is 17.6 Å². The lowest BCUT2D eigenvalue weighted by Crippen LogP contribution is -2.33. The van der Waals surface area contributed by atoms with Gasteiger partial charge in [-0.1, -0.05) is 36.4 Å². The number of carbonyl (C=O) groups is 2. The lowest BCUT2D eigenvalue weighted by molar-refractivity contribution is -0.129. The van der Waals surface area contributed by atoms with Crippen LogP contribution in [-0.4, -0.2) is 11.7 Å². The Morgan fingerprint density at radius 2 is 2.00 bits per heavy atom. The number of nitrogens with zero attached hydrogens (tertiary/aromatic N) is 1. The largest absolute Gasteiger partial charge is 0.467 e. The van der Waals surface area contributed by atoms with Gasteiger partial charge in [0.15, 0.2) is 11.7 Å². The minimum Gasteiger partial charge on any atom is -0.467 e. The van der Waals surface area contributed by atoms with Crippen molar-refractivity contribution in [2.45, 2.75) is 6.54 Å². The SMILES string of the molecule is N#C[C@@H](C(=O)/C=C\c1ccccc1)C(=O)NCc1ccco1. The Kier molecular flexibility index (Phi) is 5.27. The molecule has 0 saturated heterocycles. The minimum atomic E-state index is -1.37. The summed E-state index contributed by atoms with van der Waals surface area (Å²) in [6, 6.07) is 14.3. The average molecular weight is 294 g/mol. The highest BCUT2D eigenvalue weighted by atomic mass is 16.3. The number of hydrogen-bond donors (Lipinski definition) is 1. The highest BCUT2D eigenvalue weighted by molar-refractivity contribution is 6.10. The van der Waals surface area contributed by atoms with Gasteiger partial charge in [0.2, 0.25) is 5.91 Å². The predicted octanol–water partition coefficient (Wildman–Crippen LogP) is 2.32. The Labute approximate surface area is 127 Å². The maximum Gasteiger partial charge on any atom is 0.245 e. The van der Waals surface area contributed by atoms with Crippen molar-refractivity contribution >= 4 is 17.8 Å². The molecular formula is C17H14N2O3. The van der Waals surface area contributed by atoms with Gasteiger partial charge in [-0.15, -0.1) is 0 Å². The van der Waals surface area contributed by atoms with Gasteiger partial charge in [-0.25, -0.2) is 0 Å². The highest BCUT2D eigenvalue weighted by Gasteiger charge is 2.24. The Balaban J connectivity index is 1.95. The minimum absolute atomic E-state index is 0.139. The molecule has 0 aliphatic heterocycles. The first-order valence-corrected chi connectivity index (χ1v) is 6.67. The molecule has 0 fully saturated rings. The first kappa shape index (κ1) is 15.3. The number of allylic oxidation sites excluding steroid dienone is 1. The van der Waals surface area contributed by atoms with Crippen LogP contribution in [0.4, 0.5) is 0 Å². The molecule has 0 unspecified atom stereocenters. The molecule has 0 spiro atoms. The van der Waals surface area contributed by atoms with E-state index in [1.807, 2.05) is 30.3 Å². The van der Waals surface area contributed by atoms with E-state index in [4.69, 9.17) is 9.68 Å². The second kappa shape index (κ2) is 7.60. The summed E-state index contributed by atoms with van der Waals surface area (Å²) in [6.45, 7) is 0.139. The Morgan fingerprint density at radius 3 is 2.64 bits per heavy atom. The van der Waals surface area contributed by atoms with Crippen molar-refractivity contribution in [3.05, 3.63) is 66.1 Å². The average Bonchev–Trinajstić information content (AvgIpc) is 3.06. The number of nitriles is 1. The van der Waals surface area contributed by atoms with Crippen molar-refractivity contribution in [3.63, 3.8) is 0 Å². The van der Waals surface area contributed by atoms with Crippen molar-refractivity contribution in [3.8, 4) is 6.07 Å². The van der Waals surface area contributed by atoms with E-state index in [-0.39, 0.29) is 6.54 Å². The molecule has 1 N–H and O–H groups in total. The van der Waals surface area contributed by atoms with Crippen LogP contribution < -0.4 is 5.32 Å². The summed E-state index contributed by atoms with van der Waals surface area (Å²) in [5, 5.41) is 11.5. The van der Waals surface area contributed by atoms with Crippen LogP contribution in [0, 0.1) is 17.2 Å². The summed E-state index contributed by atoms with van der Waals surface area (Å²) in [5.74, 6) is -2.00. The van der Waals surface area contributed by atoms with Gasteiger partial charge in [-0.2, -0.15) is 5.26 Å². The fourth-order valence-electron chi connectivity index (χ4n) is 1.78. The molecule has 1 atom stereocenters.